The molecule has 2 rings (SSSR count). The average Bonchev–Trinajstić information content (AvgIpc) is 2.62. The maximum absolute atomic E-state index is 3.92. The number of hydrogen-bond acceptors (Lipinski definition) is 2. The second-order valence-corrected chi connectivity index (χ2v) is 5.08. The van der Waals surface area contributed by atoms with Crippen molar-refractivity contribution in [3.8, 4) is 0 Å². The molecule has 2 heteroatoms. The first-order chi connectivity index (χ1) is 6.77. The number of aryl methyl sites for hydroxylation is 1. The number of nitrogens with one attached hydrogen (secondary N) is 1. The second kappa shape index (κ2) is 4.28. The van der Waals surface area contributed by atoms with Crippen LogP contribution < -0.4 is 5.32 Å². The molecule has 1 aliphatic carbocycles. The molecular weight excluding hydrogens is 190 g/mol. The van der Waals surface area contributed by atoms with Crippen LogP contribution in [0.2, 0.25) is 0 Å². The maximum atomic E-state index is 3.92. The molecule has 0 fully saturated rings. The minimum Gasteiger partial charge on any atom is -0.306 e. The Hall–Kier alpha value is -0.600. The van der Waals surface area contributed by atoms with E-state index in [0.29, 0.717) is 6.04 Å². The maximum Gasteiger partial charge on any atom is 0.0334 e. The van der Waals surface area contributed by atoms with Gasteiger partial charge in [-0.05, 0) is 43.2 Å². The van der Waals surface area contributed by atoms with Crippen LogP contribution in [0.1, 0.15) is 36.2 Å². The Morgan fingerprint density at radius 2 is 2.57 bits per heavy atom. The number of fused-ring (bicyclic) bond motifs is 1. The van der Waals surface area contributed by atoms with E-state index in [9.17, 15) is 0 Å². The van der Waals surface area contributed by atoms with Crippen molar-refractivity contribution in [2.24, 2.45) is 0 Å². The van der Waals surface area contributed by atoms with Gasteiger partial charge in [-0.1, -0.05) is 12.2 Å². The topological polar surface area (TPSA) is 12.0 Å². The quantitative estimate of drug-likeness (QED) is 0.750. The first kappa shape index (κ1) is 9.94. The molecule has 0 spiro atoms. The molecule has 1 unspecified atom stereocenters. The van der Waals surface area contributed by atoms with E-state index in [0.717, 1.165) is 6.54 Å². The van der Waals surface area contributed by atoms with Crippen molar-refractivity contribution in [3.05, 3.63) is 34.0 Å². The van der Waals surface area contributed by atoms with E-state index in [2.05, 4.69) is 30.3 Å². The van der Waals surface area contributed by atoms with E-state index in [-0.39, 0.29) is 0 Å². The molecule has 0 bridgehead atoms. The van der Waals surface area contributed by atoms with Crippen LogP contribution in [0.15, 0.2) is 23.6 Å². The molecule has 1 N–H and O–H groups in total. The third-order valence-corrected chi connectivity index (χ3v) is 3.70. The van der Waals surface area contributed by atoms with E-state index in [1.54, 1.807) is 4.88 Å². The number of rotatable bonds is 3. The van der Waals surface area contributed by atoms with Crippen LogP contribution in [-0.2, 0) is 6.42 Å². The van der Waals surface area contributed by atoms with E-state index >= 15 is 0 Å². The summed E-state index contributed by atoms with van der Waals surface area (Å²) in [5.41, 5.74) is 2.75. The highest BCUT2D eigenvalue weighted by Gasteiger charge is 2.20. The second-order valence-electron chi connectivity index (χ2n) is 4.08. The van der Waals surface area contributed by atoms with Crippen molar-refractivity contribution in [1.82, 2.24) is 5.32 Å². The van der Waals surface area contributed by atoms with Crippen LogP contribution in [0.3, 0.4) is 0 Å². The third-order valence-electron chi connectivity index (χ3n) is 2.70. The number of hydrogen-bond donors (Lipinski definition) is 1. The lowest BCUT2D eigenvalue weighted by Gasteiger charge is -2.23. The molecule has 0 saturated heterocycles. The van der Waals surface area contributed by atoms with Gasteiger partial charge in [-0.15, -0.1) is 11.3 Å². The summed E-state index contributed by atoms with van der Waals surface area (Å²) >= 11 is 1.90. The standard InChI is InChI=1S/C12H17NS/c1-9(2)8-13-11-4-3-5-12-10(11)6-7-14-12/h6-7,11,13H,1,3-5,8H2,2H3. The fourth-order valence-electron chi connectivity index (χ4n) is 2.00. The Balaban J connectivity index is 2.05. The molecule has 1 nitrogen and oxygen atoms in total. The van der Waals surface area contributed by atoms with Crippen LogP contribution >= 0.6 is 11.3 Å². The fraction of sp³-hybridized carbons (Fsp3) is 0.500. The molecule has 1 aromatic rings. The van der Waals surface area contributed by atoms with Crippen LogP contribution in [-0.4, -0.2) is 6.54 Å². The van der Waals surface area contributed by atoms with E-state index < -0.39 is 0 Å². The zero-order valence-electron chi connectivity index (χ0n) is 8.68. The minimum atomic E-state index is 0.571. The van der Waals surface area contributed by atoms with Crippen LogP contribution in [0.4, 0.5) is 0 Å². The SMILES string of the molecule is C=C(C)CNC1CCCc2sccc21. The van der Waals surface area contributed by atoms with Crippen molar-refractivity contribution in [3.63, 3.8) is 0 Å². The molecule has 0 aliphatic heterocycles. The van der Waals surface area contributed by atoms with Gasteiger partial charge in [-0.3, -0.25) is 0 Å². The lowest BCUT2D eigenvalue weighted by Crippen LogP contribution is -2.25. The highest BCUT2D eigenvalue weighted by molar-refractivity contribution is 7.10. The van der Waals surface area contributed by atoms with Gasteiger partial charge in [0, 0.05) is 17.5 Å². The lowest BCUT2D eigenvalue weighted by molar-refractivity contribution is 0.481. The van der Waals surface area contributed by atoms with Gasteiger partial charge in [-0.25, -0.2) is 0 Å². The van der Waals surface area contributed by atoms with Gasteiger partial charge in [0.1, 0.15) is 0 Å². The van der Waals surface area contributed by atoms with Gasteiger partial charge < -0.3 is 5.32 Å². The molecule has 1 heterocycles. The number of thiophene rings is 1. The van der Waals surface area contributed by atoms with Crippen molar-refractivity contribution in [2.75, 3.05) is 6.54 Å². The van der Waals surface area contributed by atoms with E-state index in [1.807, 2.05) is 11.3 Å². The minimum absolute atomic E-state index is 0.571. The average molecular weight is 207 g/mol. The highest BCUT2D eigenvalue weighted by Crippen LogP contribution is 2.33. The van der Waals surface area contributed by atoms with Gasteiger partial charge in [0.15, 0.2) is 0 Å². The predicted molar refractivity (Wildman–Crippen MR) is 62.8 cm³/mol. The van der Waals surface area contributed by atoms with Crippen LogP contribution in [0.5, 0.6) is 0 Å². The van der Waals surface area contributed by atoms with Gasteiger partial charge in [-0.2, -0.15) is 0 Å². The highest BCUT2D eigenvalue weighted by atomic mass is 32.1. The van der Waals surface area contributed by atoms with Crippen molar-refractivity contribution in [1.29, 1.82) is 0 Å². The van der Waals surface area contributed by atoms with Crippen LogP contribution in [0.25, 0.3) is 0 Å². The molecule has 14 heavy (non-hydrogen) atoms. The Bertz CT molecular complexity index is 327. The summed E-state index contributed by atoms with van der Waals surface area (Å²) in [6.07, 6.45) is 3.87. The largest absolute Gasteiger partial charge is 0.306 e. The molecule has 1 aliphatic rings. The Labute approximate surface area is 89.8 Å². The molecule has 0 saturated carbocycles. The summed E-state index contributed by atoms with van der Waals surface area (Å²) in [4.78, 5) is 1.58. The van der Waals surface area contributed by atoms with E-state index in [4.69, 9.17) is 0 Å². The van der Waals surface area contributed by atoms with Gasteiger partial charge in [0.2, 0.25) is 0 Å². The zero-order chi connectivity index (χ0) is 9.97. The third kappa shape index (κ3) is 2.07. The zero-order valence-corrected chi connectivity index (χ0v) is 9.49. The molecule has 0 radical (unpaired) electrons. The van der Waals surface area contributed by atoms with Gasteiger partial charge in [0.05, 0.1) is 0 Å². The summed E-state index contributed by atoms with van der Waals surface area (Å²) in [5, 5.41) is 5.78. The van der Waals surface area contributed by atoms with Crippen molar-refractivity contribution in [2.45, 2.75) is 32.2 Å². The summed E-state index contributed by atoms with van der Waals surface area (Å²) < 4.78 is 0. The van der Waals surface area contributed by atoms with Gasteiger partial charge in [0.25, 0.3) is 0 Å². The monoisotopic (exact) mass is 207 g/mol. The van der Waals surface area contributed by atoms with Crippen molar-refractivity contribution < 1.29 is 0 Å². The van der Waals surface area contributed by atoms with Crippen molar-refractivity contribution >= 4 is 11.3 Å². The smallest absolute Gasteiger partial charge is 0.0334 e. The summed E-state index contributed by atoms with van der Waals surface area (Å²) in [7, 11) is 0. The van der Waals surface area contributed by atoms with E-state index in [1.165, 1.54) is 30.4 Å². The van der Waals surface area contributed by atoms with Crippen LogP contribution in [0, 0.1) is 0 Å². The summed E-state index contributed by atoms with van der Waals surface area (Å²) in [6.45, 7) is 6.94. The normalized spacial score (nSPS) is 20.5. The predicted octanol–water partition coefficient (Wildman–Crippen LogP) is 3.29. The first-order valence-electron chi connectivity index (χ1n) is 5.21. The fourth-order valence-corrected chi connectivity index (χ4v) is 2.98. The lowest BCUT2D eigenvalue weighted by atomic mass is 9.94. The molecule has 1 aromatic heterocycles. The summed E-state index contributed by atoms with van der Waals surface area (Å²) in [6, 6.07) is 2.84. The summed E-state index contributed by atoms with van der Waals surface area (Å²) in [5.74, 6) is 0. The molecular formula is C12H17NS. The Morgan fingerprint density at radius 3 is 3.36 bits per heavy atom. The molecule has 0 amide bonds. The molecule has 1 atom stereocenters. The van der Waals surface area contributed by atoms with Gasteiger partial charge >= 0.3 is 0 Å². The molecule has 0 aromatic carbocycles. The Morgan fingerprint density at radius 1 is 1.71 bits per heavy atom. The Kier molecular flexibility index (Phi) is 3.04. The molecule has 76 valence electrons. The first-order valence-corrected chi connectivity index (χ1v) is 6.09.